The lowest BCUT2D eigenvalue weighted by atomic mass is 9.44. The molecule has 0 aromatic rings. The van der Waals surface area contributed by atoms with Crippen LogP contribution < -0.4 is 5.32 Å². The molecule has 9 atom stereocenters. The van der Waals surface area contributed by atoms with E-state index < -0.39 is 0 Å². The molecule has 2 nitrogen and oxygen atoms in total. The summed E-state index contributed by atoms with van der Waals surface area (Å²) in [5, 5.41) is 3.42. The summed E-state index contributed by atoms with van der Waals surface area (Å²) in [4.78, 5) is 12.0. The summed E-state index contributed by atoms with van der Waals surface area (Å²) in [6, 6.07) is 0. The number of carbonyl (C=O) groups excluding carboxylic acids is 1. The van der Waals surface area contributed by atoms with Crippen LogP contribution in [0.3, 0.4) is 0 Å². The third-order valence-electron chi connectivity index (χ3n) is 11.0. The largest absolute Gasteiger partial charge is 0.351 e. The zero-order chi connectivity index (χ0) is 19.0. The van der Waals surface area contributed by atoms with E-state index in [-0.39, 0.29) is 5.54 Å². The van der Waals surface area contributed by atoms with E-state index in [1.165, 1.54) is 57.8 Å². The molecule has 1 amide bonds. The second-order valence-electron chi connectivity index (χ2n) is 12.2. The molecule has 5 rings (SSSR count). The number of carbonyl (C=O) groups is 1. The van der Waals surface area contributed by atoms with Crippen LogP contribution in [-0.2, 0) is 4.79 Å². The van der Waals surface area contributed by atoms with Crippen molar-refractivity contribution in [1.29, 1.82) is 0 Å². The summed E-state index contributed by atoms with van der Waals surface area (Å²) in [7, 11) is 0. The maximum absolute atomic E-state index is 12.0. The third kappa shape index (κ3) is 2.53. The molecule has 1 heterocycles. The molecule has 2 heteroatoms. The van der Waals surface area contributed by atoms with Crippen molar-refractivity contribution in [2.45, 2.75) is 104 Å². The van der Waals surface area contributed by atoms with Gasteiger partial charge in [0.05, 0.1) is 0 Å². The molecule has 0 aromatic heterocycles. The number of fused-ring (bicyclic) bond motifs is 5. The van der Waals surface area contributed by atoms with Crippen LogP contribution in [-0.4, -0.2) is 11.4 Å². The standard InChI is InChI=1S/C25H41NO/c1-16-9-12-23(2)17(15-16)5-6-18-19-7-8-21(24(19,3)13-10-20(18)23)25(4)14-11-22(27)26-25/h16-21H,5-15H2,1-4H3,(H,26,27)/t16-,17-,18?,19+,20+,21?,23+,24+,25+/m1/s1. The van der Waals surface area contributed by atoms with E-state index in [2.05, 4.69) is 33.0 Å². The Balaban J connectivity index is 1.41. The molecule has 1 N–H and O–H groups in total. The van der Waals surface area contributed by atoms with Crippen molar-refractivity contribution < 1.29 is 4.79 Å². The van der Waals surface area contributed by atoms with E-state index >= 15 is 0 Å². The summed E-state index contributed by atoms with van der Waals surface area (Å²) in [5.74, 6) is 5.79. The predicted octanol–water partition coefficient (Wildman–Crippen LogP) is 5.95. The monoisotopic (exact) mass is 371 g/mol. The van der Waals surface area contributed by atoms with Crippen LogP contribution in [0.1, 0.15) is 98.3 Å². The van der Waals surface area contributed by atoms with Gasteiger partial charge in [-0.1, -0.05) is 27.2 Å². The molecule has 0 radical (unpaired) electrons. The molecule has 27 heavy (non-hydrogen) atoms. The van der Waals surface area contributed by atoms with E-state index in [1.54, 1.807) is 0 Å². The van der Waals surface area contributed by atoms with Crippen molar-refractivity contribution in [2.24, 2.45) is 46.3 Å². The highest BCUT2D eigenvalue weighted by atomic mass is 16.2. The fraction of sp³-hybridized carbons (Fsp3) is 0.960. The van der Waals surface area contributed by atoms with Crippen LogP contribution in [0.4, 0.5) is 0 Å². The molecule has 4 aliphatic carbocycles. The van der Waals surface area contributed by atoms with Crippen LogP contribution >= 0.6 is 0 Å². The minimum absolute atomic E-state index is 0.0643. The average molecular weight is 372 g/mol. The quantitative estimate of drug-likeness (QED) is 0.606. The maximum Gasteiger partial charge on any atom is 0.220 e. The highest BCUT2D eigenvalue weighted by Gasteiger charge is 2.63. The topological polar surface area (TPSA) is 29.1 Å². The zero-order valence-electron chi connectivity index (χ0n) is 18.2. The van der Waals surface area contributed by atoms with Gasteiger partial charge in [-0.15, -0.1) is 0 Å². The lowest BCUT2D eigenvalue weighted by Crippen LogP contribution is -2.56. The maximum atomic E-state index is 12.0. The first-order valence-corrected chi connectivity index (χ1v) is 12.1. The molecular weight excluding hydrogens is 330 g/mol. The van der Waals surface area contributed by atoms with Crippen molar-refractivity contribution in [3.8, 4) is 0 Å². The molecule has 1 aliphatic heterocycles. The molecular formula is C25H41NO. The lowest BCUT2D eigenvalue weighted by molar-refractivity contribution is -0.125. The van der Waals surface area contributed by atoms with Gasteiger partial charge in [0.25, 0.3) is 0 Å². The molecule has 4 saturated carbocycles. The fourth-order valence-electron chi connectivity index (χ4n) is 9.60. The third-order valence-corrected chi connectivity index (χ3v) is 11.0. The van der Waals surface area contributed by atoms with E-state index in [9.17, 15) is 4.79 Å². The Kier molecular flexibility index (Phi) is 4.10. The van der Waals surface area contributed by atoms with Gasteiger partial charge in [-0.3, -0.25) is 4.79 Å². The van der Waals surface area contributed by atoms with Crippen LogP contribution in [0, 0.1) is 46.3 Å². The smallest absolute Gasteiger partial charge is 0.220 e. The zero-order valence-corrected chi connectivity index (χ0v) is 18.2. The van der Waals surface area contributed by atoms with Gasteiger partial charge in [0.15, 0.2) is 0 Å². The van der Waals surface area contributed by atoms with Gasteiger partial charge in [-0.2, -0.15) is 0 Å². The first-order valence-electron chi connectivity index (χ1n) is 12.1. The Morgan fingerprint density at radius 2 is 1.59 bits per heavy atom. The SMILES string of the molecule is C[C@@H]1CC[C@@]2(C)[C@H](CCC3[C@@H]2CC[C@]2(C)C([C@]4(C)CCC(=O)N4)CC[C@@H]32)C1. The van der Waals surface area contributed by atoms with Crippen LogP contribution in [0.15, 0.2) is 0 Å². The van der Waals surface area contributed by atoms with E-state index in [0.717, 1.165) is 42.4 Å². The van der Waals surface area contributed by atoms with Crippen LogP contribution in [0.5, 0.6) is 0 Å². The summed E-state index contributed by atoms with van der Waals surface area (Å²) < 4.78 is 0. The number of hydrogen-bond acceptors (Lipinski definition) is 1. The van der Waals surface area contributed by atoms with Gasteiger partial charge in [0.2, 0.25) is 5.91 Å². The van der Waals surface area contributed by atoms with Crippen molar-refractivity contribution in [3.63, 3.8) is 0 Å². The van der Waals surface area contributed by atoms with Gasteiger partial charge >= 0.3 is 0 Å². The molecule has 5 aliphatic rings. The molecule has 2 unspecified atom stereocenters. The average Bonchev–Trinajstić information content (AvgIpc) is 3.15. The van der Waals surface area contributed by atoms with Gasteiger partial charge in [-0.05, 0) is 111 Å². The molecule has 152 valence electrons. The molecule has 0 spiro atoms. The second-order valence-corrected chi connectivity index (χ2v) is 12.2. The Morgan fingerprint density at radius 3 is 2.33 bits per heavy atom. The van der Waals surface area contributed by atoms with E-state index in [0.29, 0.717) is 22.7 Å². The molecule has 0 bridgehead atoms. The predicted molar refractivity (Wildman–Crippen MR) is 110 cm³/mol. The van der Waals surface area contributed by atoms with Gasteiger partial charge in [0, 0.05) is 12.0 Å². The molecule has 5 fully saturated rings. The first kappa shape index (κ1) is 18.5. The number of rotatable bonds is 1. The summed E-state index contributed by atoms with van der Waals surface area (Å²) in [6.07, 6.45) is 14.9. The van der Waals surface area contributed by atoms with Gasteiger partial charge in [-0.25, -0.2) is 0 Å². The van der Waals surface area contributed by atoms with Gasteiger partial charge in [0.1, 0.15) is 0 Å². The van der Waals surface area contributed by atoms with Crippen molar-refractivity contribution in [3.05, 3.63) is 0 Å². The molecule has 0 aromatic carbocycles. The number of nitrogens with one attached hydrogen (secondary N) is 1. The summed E-state index contributed by atoms with van der Waals surface area (Å²) >= 11 is 0. The number of hydrogen-bond donors (Lipinski definition) is 1. The molecule has 1 saturated heterocycles. The minimum Gasteiger partial charge on any atom is -0.351 e. The Hall–Kier alpha value is -0.530. The van der Waals surface area contributed by atoms with Crippen molar-refractivity contribution >= 4 is 5.91 Å². The normalized spacial score (nSPS) is 57.6. The van der Waals surface area contributed by atoms with E-state index in [4.69, 9.17) is 0 Å². The second kappa shape index (κ2) is 5.99. The highest BCUT2D eigenvalue weighted by molar-refractivity contribution is 5.79. The minimum atomic E-state index is 0.0643. The van der Waals surface area contributed by atoms with E-state index in [1.807, 2.05) is 0 Å². The Bertz CT molecular complexity index is 630. The van der Waals surface area contributed by atoms with Crippen LogP contribution in [0.2, 0.25) is 0 Å². The summed E-state index contributed by atoms with van der Waals surface area (Å²) in [6.45, 7) is 10.2. The Morgan fingerprint density at radius 1 is 0.852 bits per heavy atom. The lowest BCUT2D eigenvalue weighted by Gasteiger charge is -2.61. The Labute approximate surface area is 166 Å². The first-order chi connectivity index (χ1) is 12.8. The van der Waals surface area contributed by atoms with Crippen molar-refractivity contribution in [2.75, 3.05) is 0 Å². The fourth-order valence-corrected chi connectivity index (χ4v) is 9.60. The van der Waals surface area contributed by atoms with Crippen molar-refractivity contribution in [1.82, 2.24) is 5.32 Å². The van der Waals surface area contributed by atoms with Gasteiger partial charge < -0.3 is 5.32 Å². The number of amides is 1. The van der Waals surface area contributed by atoms with Crippen LogP contribution in [0.25, 0.3) is 0 Å². The highest BCUT2D eigenvalue weighted by Crippen LogP contribution is 2.69. The summed E-state index contributed by atoms with van der Waals surface area (Å²) in [5.41, 5.74) is 1.15.